The lowest BCUT2D eigenvalue weighted by Gasteiger charge is -2.03. The lowest BCUT2D eigenvalue weighted by molar-refractivity contribution is -0.141. The first-order chi connectivity index (χ1) is 5.84. The highest BCUT2D eigenvalue weighted by Crippen LogP contribution is 2.32. The van der Waals surface area contributed by atoms with Gasteiger partial charge in [0.1, 0.15) is 10.2 Å². The summed E-state index contributed by atoms with van der Waals surface area (Å²) in [6.07, 6.45) is -4.74. The number of alkyl halides is 3. The van der Waals surface area contributed by atoms with Crippen LogP contribution in [0.4, 0.5) is 13.2 Å². The molecular weight excluding hydrogens is 257 g/mol. The third kappa shape index (κ3) is 1.82. The molecule has 0 radical (unpaired) electrons. The molecule has 0 fully saturated rings. The van der Waals surface area contributed by atoms with Gasteiger partial charge in [-0.25, -0.2) is 4.79 Å². The first-order valence-corrected chi connectivity index (χ1v) is 3.67. The van der Waals surface area contributed by atoms with E-state index < -0.39 is 23.4 Å². The number of aromatic amines is 1. The predicted octanol–water partition coefficient (Wildman–Crippen LogP) is 1.89. The summed E-state index contributed by atoms with van der Waals surface area (Å²) in [6.45, 7) is 0. The summed E-state index contributed by atoms with van der Waals surface area (Å²) in [5.74, 6) is -1.69. The number of halogens is 4. The second-order valence-electron chi connectivity index (χ2n) is 2.07. The van der Waals surface area contributed by atoms with Gasteiger partial charge in [-0.3, -0.25) is 5.10 Å². The van der Waals surface area contributed by atoms with Crippen LogP contribution in [0.2, 0.25) is 0 Å². The minimum atomic E-state index is -4.74. The Morgan fingerprint density at radius 3 is 2.38 bits per heavy atom. The monoisotopic (exact) mass is 258 g/mol. The third-order valence-corrected chi connectivity index (χ3v) is 1.79. The molecule has 0 aliphatic heterocycles. The summed E-state index contributed by atoms with van der Waals surface area (Å²) in [4.78, 5) is 10.4. The topological polar surface area (TPSA) is 66.0 Å². The molecule has 0 atom stereocenters. The molecular formula is C5H2BrF3N2O2. The van der Waals surface area contributed by atoms with Crippen LogP contribution in [0.25, 0.3) is 0 Å². The van der Waals surface area contributed by atoms with Crippen molar-refractivity contribution in [3.8, 4) is 0 Å². The summed E-state index contributed by atoms with van der Waals surface area (Å²) < 4.78 is 35.8. The van der Waals surface area contributed by atoms with Gasteiger partial charge in [0.25, 0.3) is 0 Å². The number of H-pyrrole nitrogens is 1. The van der Waals surface area contributed by atoms with Crippen LogP contribution < -0.4 is 0 Å². The van der Waals surface area contributed by atoms with E-state index in [0.29, 0.717) is 0 Å². The van der Waals surface area contributed by atoms with Gasteiger partial charge in [0.05, 0.1) is 0 Å². The molecule has 0 unspecified atom stereocenters. The quantitative estimate of drug-likeness (QED) is 0.809. The minimum absolute atomic E-state index is 0.368. The Kier molecular flexibility index (Phi) is 2.33. The summed E-state index contributed by atoms with van der Waals surface area (Å²) >= 11 is 2.59. The molecule has 72 valence electrons. The standard InChI is InChI=1S/C5H2BrF3N2O2/c6-3-1(4(12)13)2(10-11-3)5(7,8)9/h(H,10,11)(H,12,13). The first kappa shape index (κ1) is 10.0. The Bertz CT molecular complexity index is 346. The molecule has 0 aromatic carbocycles. The van der Waals surface area contributed by atoms with Crippen molar-refractivity contribution in [1.29, 1.82) is 0 Å². The number of carboxylic acids is 1. The highest BCUT2D eigenvalue weighted by molar-refractivity contribution is 9.10. The molecule has 0 bridgehead atoms. The van der Waals surface area contributed by atoms with Crippen molar-refractivity contribution >= 4 is 21.9 Å². The van der Waals surface area contributed by atoms with Gasteiger partial charge in [-0.15, -0.1) is 0 Å². The molecule has 1 aromatic rings. The summed E-state index contributed by atoms with van der Waals surface area (Å²) in [5, 5.41) is 13.1. The van der Waals surface area contributed by atoms with Gasteiger partial charge in [-0.1, -0.05) is 0 Å². The van der Waals surface area contributed by atoms with Crippen molar-refractivity contribution in [3.05, 3.63) is 15.9 Å². The second-order valence-corrected chi connectivity index (χ2v) is 2.82. The summed E-state index contributed by atoms with van der Waals surface area (Å²) in [5.41, 5.74) is -2.28. The number of aromatic nitrogens is 2. The molecule has 0 aliphatic carbocycles. The van der Waals surface area contributed by atoms with E-state index in [0.717, 1.165) is 0 Å². The molecule has 2 N–H and O–H groups in total. The highest BCUT2D eigenvalue weighted by Gasteiger charge is 2.39. The number of hydrogen-bond donors (Lipinski definition) is 2. The van der Waals surface area contributed by atoms with Gasteiger partial charge in [-0.2, -0.15) is 18.3 Å². The van der Waals surface area contributed by atoms with E-state index in [2.05, 4.69) is 21.0 Å². The van der Waals surface area contributed by atoms with Crippen LogP contribution in [-0.4, -0.2) is 21.3 Å². The largest absolute Gasteiger partial charge is 0.478 e. The zero-order valence-corrected chi connectivity index (χ0v) is 7.40. The number of rotatable bonds is 1. The molecule has 0 saturated heterocycles. The fourth-order valence-corrected chi connectivity index (χ4v) is 1.18. The van der Waals surface area contributed by atoms with Crippen LogP contribution in [0.1, 0.15) is 16.1 Å². The molecule has 0 aliphatic rings. The maximum atomic E-state index is 12.1. The third-order valence-electron chi connectivity index (χ3n) is 1.22. The number of hydrogen-bond acceptors (Lipinski definition) is 2. The Morgan fingerprint density at radius 1 is 1.54 bits per heavy atom. The van der Waals surface area contributed by atoms with E-state index in [1.165, 1.54) is 0 Å². The Morgan fingerprint density at radius 2 is 2.08 bits per heavy atom. The lowest BCUT2D eigenvalue weighted by Crippen LogP contribution is -2.12. The average molecular weight is 259 g/mol. The van der Waals surface area contributed by atoms with Crippen molar-refractivity contribution in [1.82, 2.24) is 10.2 Å². The number of carboxylic acid groups (broad SMARTS) is 1. The summed E-state index contributed by atoms with van der Waals surface area (Å²) in [7, 11) is 0. The predicted molar refractivity (Wildman–Crippen MR) is 38.2 cm³/mol. The molecule has 1 rings (SSSR count). The first-order valence-electron chi connectivity index (χ1n) is 2.88. The fourth-order valence-electron chi connectivity index (χ4n) is 0.720. The van der Waals surface area contributed by atoms with Crippen molar-refractivity contribution in [3.63, 3.8) is 0 Å². The fraction of sp³-hybridized carbons (Fsp3) is 0.200. The van der Waals surface area contributed by atoms with E-state index in [4.69, 9.17) is 5.11 Å². The SMILES string of the molecule is O=C(O)c1c(Br)n[nH]c1C(F)(F)F. The Balaban J connectivity index is 3.31. The minimum Gasteiger partial charge on any atom is -0.478 e. The molecule has 1 heterocycles. The Labute approximate surface area is 77.9 Å². The average Bonchev–Trinajstić information content (AvgIpc) is 2.28. The number of nitrogens with one attached hydrogen (secondary N) is 1. The molecule has 0 amide bonds. The molecule has 4 nitrogen and oxygen atoms in total. The zero-order valence-electron chi connectivity index (χ0n) is 5.81. The smallest absolute Gasteiger partial charge is 0.433 e. The zero-order chi connectivity index (χ0) is 10.2. The van der Waals surface area contributed by atoms with Crippen LogP contribution >= 0.6 is 15.9 Å². The van der Waals surface area contributed by atoms with Crippen LogP contribution in [0, 0.1) is 0 Å². The van der Waals surface area contributed by atoms with Crippen LogP contribution in [0.5, 0.6) is 0 Å². The normalized spacial score (nSPS) is 11.7. The van der Waals surface area contributed by atoms with Gasteiger partial charge in [0.15, 0.2) is 5.69 Å². The second kappa shape index (κ2) is 3.02. The van der Waals surface area contributed by atoms with E-state index in [-0.39, 0.29) is 4.60 Å². The highest BCUT2D eigenvalue weighted by atomic mass is 79.9. The molecule has 1 aromatic heterocycles. The van der Waals surface area contributed by atoms with Gasteiger partial charge in [-0.05, 0) is 15.9 Å². The molecule has 8 heteroatoms. The van der Waals surface area contributed by atoms with E-state index in [1.54, 1.807) is 5.10 Å². The number of aromatic carboxylic acids is 1. The molecule has 0 spiro atoms. The number of nitrogens with zero attached hydrogens (tertiary/aromatic N) is 1. The van der Waals surface area contributed by atoms with E-state index >= 15 is 0 Å². The van der Waals surface area contributed by atoms with Crippen LogP contribution in [0.3, 0.4) is 0 Å². The van der Waals surface area contributed by atoms with Crippen LogP contribution in [0.15, 0.2) is 4.60 Å². The van der Waals surface area contributed by atoms with Gasteiger partial charge in [0, 0.05) is 0 Å². The molecule has 0 saturated carbocycles. The Hall–Kier alpha value is -1.05. The van der Waals surface area contributed by atoms with Crippen molar-refractivity contribution < 1.29 is 23.1 Å². The van der Waals surface area contributed by atoms with Crippen LogP contribution in [-0.2, 0) is 6.18 Å². The maximum absolute atomic E-state index is 12.1. The number of carbonyl (C=O) groups is 1. The van der Waals surface area contributed by atoms with Crippen molar-refractivity contribution in [2.75, 3.05) is 0 Å². The van der Waals surface area contributed by atoms with Gasteiger partial charge < -0.3 is 5.11 Å². The maximum Gasteiger partial charge on any atom is 0.433 e. The molecule has 13 heavy (non-hydrogen) atoms. The van der Waals surface area contributed by atoms with Crippen molar-refractivity contribution in [2.45, 2.75) is 6.18 Å². The van der Waals surface area contributed by atoms with E-state index in [1.807, 2.05) is 0 Å². The van der Waals surface area contributed by atoms with Gasteiger partial charge >= 0.3 is 12.1 Å². The van der Waals surface area contributed by atoms with E-state index in [9.17, 15) is 18.0 Å². The van der Waals surface area contributed by atoms with Gasteiger partial charge in [0.2, 0.25) is 0 Å². The van der Waals surface area contributed by atoms with Crippen molar-refractivity contribution in [2.24, 2.45) is 0 Å². The lowest BCUT2D eigenvalue weighted by atomic mass is 10.2. The summed E-state index contributed by atoms with van der Waals surface area (Å²) in [6, 6.07) is 0.